The van der Waals surface area contributed by atoms with E-state index in [9.17, 15) is 45.7 Å². The smallest absolute Gasteiger partial charge is 0.870 e. The molecule has 77 heavy (non-hydrogen) atoms. The number of phenolic OH excluding ortho intramolecular Hbond substituents is 1. The van der Waals surface area contributed by atoms with Crippen molar-refractivity contribution in [1.29, 1.82) is 0 Å². The topological polar surface area (TPSA) is 281 Å². The number of aryl methyl sites for hydroxylation is 2. The molecule has 0 aliphatic carbocycles. The first-order chi connectivity index (χ1) is 36.2. The SMILES string of the molecule is CCOc1ccc(NC(=O)c2cc3ccccc3c(N=Nc3cc(Cl)cc(CC)c3S(=O)(=O)O)c2O)cc1.CCOc1ccc(NC(=O)c2cc3ccccc3c(N=Nc3cc(Cl)cc(CC)c3S(=O)(=O)[O-])c2[O-])cc1.[Ca+2]. The van der Waals surface area contributed by atoms with Crippen molar-refractivity contribution in [3.8, 4) is 23.0 Å². The number of ether oxygens (including phenoxy) is 2. The van der Waals surface area contributed by atoms with Gasteiger partial charge in [-0.3, -0.25) is 14.1 Å². The van der Waals surface area contributed by atoms with E-state index in [0.717, 1.165) is 0 Å². The Bertz CT molecular complexity index is 3560. The molecule has 8 rings (SSSR count). The molecule has 0 fully saturated rings. The van der Waals surface area contributed by atoms with E-state index < -0.39 is 53.3 Å². The van der Waals surface area contributed by atoms with Crippen molar-refractivity contribution < 1.29 is 55.2 Å². The summed E-state index contributed by atoms with van der Waals surface area (Å²) in [5.41, 5.74) is 0.366. The van der Waals surface area contributed by atoms with Gasteiger partial charge in [-0.15, -0.1) is 15.3 Å². The number of azo groups is 2. The summed E-state index contributed by atoms with van der Waals surface area (Å²) in [6.07, 6.45) is 0.463. The molecule has 392 valence electrons. The van der Waals surface area contributed by atoms with Gasteiger partial charge in [0.05, 0.1) is 29.4 Å². The maximum absolute atomic E-state index is 13.4. The minimum absolute atomic E-state index is 0. The Morgan fingerprint density at radius 3 is 1.45 bits per heavy atom. The van der Waals surface area contributed by atoms with Crippen LogP contribution in [0.4, 0.5) is 34.1 Å². The third-order valence-electron chi connectivity index (χ3n) is 11.3. The molecule has 0 saturated carbocycles. The number of amides is 2. The molecule has 0 spiro atoms. The van der Waals surface area contributed by atoms with Crippen LogP contribution in [0.1, 0.15) is 59.5 Å². The van der Waals surface area contributed by atoms with Crippen LogP contribution in [0.2, 0.25) is 10.0 Å². The van der Waals surface area contributed by atoms with Gasteiger partial charge in [-0.1, -0.05) is 91.3 Å². The Morgan fingerprint density at radius 1 is 0.584 bits per heavy atom. The molecule has 0 atom stereocenters. The summed E-state index contributed by atoms with van der Waals surface area (Å²) < 4.78 is 80.8. The van der Waals surface area contributed by atoms with Gasteiger partial charge < -0.3 is 34.9 Å². The van der Waals surface area contributed by atoms with E-state index in [1.54, 1.807) is 111 Å². The van der Waals surface area contributed by atoms with Crippen LogP contribution >= 0.6 is 23.2 Å². The zero-order valence-electron chi connectivity index (χ0n) is 41.6. The Labute approximate surface area is 483 Å². The number of carbonyl (C=O) groups is 2. The zero-order chi connectivity index (χ0) is 54.9. The number of hydrogen-bond donors (Lipinski definition) is 4. The molecule has 0 unspecified atom stereocenters. The molecule has 0 radical (unpaired) electrons. The minimum Gasteiger partial charge on any atom is -0.870 e. The minimum atomic E-state index is -4.93. The number of nitrogens with one attached hydrogen (secondary N) is 2. The fraction of sp³-hybridized carbons (Fsp3) is 0.148. The number of anilines is 2. The Hall–Kier alpha value is -6.72. The van der Waals surface area contributed by atoms with Crippen LogP contribution in [0, 0.1) is 0 Å². The first kappa shape index (κ1) is 59.5. The van der Waals surface area contributed by atoms with Gasteiger partial charge in [0.15, 0.2) is 5.75 Å². The number of rotatable bonds is 16. The molecular formula is C54H46CaCl2N6O12S2. The number of hydrogen-bond acceptors (Lipinski definition) is 15. The molecule has 0 aliphatic heterocycles. The molecule has 0 aliphatic rings. The number of aromatic hydroxyl groups is 1. The normalized spacial score (nSPS) is 11.5. The van der Waals surface area contributed by atoms with Crippen molar-refractivity contribution in [2.75, 3.05) is 23.8 Å². The third-order valence-corrected chi connectivity index (χ3v) is 13.7. The van der Waals surface area contributed by atoms with E-state index in [1.807, 2.05) is 13.8 Å². The van der Waals surface area contributed by atoms with Crippen LogP contribution in [0.3, 0.4) is 0 Å². The van der Waals surface area contributed by atoms with Crippen molar-refractivity contribution in [2.45, 2.75) is 50.3 Å². The van der Waals surface area contributed by atoms with Gasteiger partial charge in [0.25, 0.3) is 21.9 Å². The van der Waals surface area contributed by atoms with Crippen molar-refractivity contribution in [3.63, 3.8) is 0 Å². The Kier molecular flexibility index (Phi) is 20.2. The van der Waals surface area contributed by atoms with Crippen molar-refractivity contribution in [3.05, 3.63) is 166 Å². The van der Waals surface area contributed by atoms with Crippen LogP contribution < -0.4 is 25.2 Å². The van der Waals surface area contributed by atoms with Crippen molar-refractivity contribution in [1.82, 2.24) is 0 Å². The monoisotopic (exact) mass is 1140 g/mol. The molecule has 23 heteroatoms. The van der Waals surface area contributed by atoms with E-state index in [-0.39, 0.29) is 106 Å². The second kappa shape index (κ2) is 26.1. The molecule has 8 aromatic rings. The largest absolute Gasteiger partial charge is 2.00 e. The standard InChI is InChI=1S/2C27H24ClN3O6S.Ca/c2*1-3-16-13-18(28)15-23(26(16)38(34,35)36)30-31-24-21-8-6-5-7-17(21)14-22(25(24)32)27(33)29-19-9-11-20(12-10-19)37-4-2;/h2*5-15,32H,3-4H2,1-2H3,(H,29,33)(H,34,35,36);/q;;+2/p-2. The number of halogens is 2. The third kappa shape index (κ3) is 14.5. The zero-order valence-corrected chi connectivity index (χ0v) is 46.9. The molecule has 0 saturated heterocycles. The molecule has 4 N–H and O–H groups in total. The van der Waals surface area contributed by atoms with E-state index in [4.69, 9.17) is 32.7 Å². The molecule has 2 amide bonds. The molecular weight excluding hydrogens is 1100 g/mol. The summed E-state index contributed by atoms with van der Waals surface area (Å²) in [5.74, 6) is -1.15. The first-order valence-corrected chi connectivity index (χ1v) is 26.8. The van der Waals surface area contributed by atoms with Crippen LogP contribution in [0.5, 0.6) is 23.0 Å². The van der Waals surface area contributed by atoms with E-state index >= 15 is 0 Å². The Morgan fingerprint density at radius 2 is 1.00 bits per heavy atom. The average molecular weight is 1150 g/mol. The van der Waals surface area contributed by atoms with Crippen molar-refractivity contribution >= 4 is 149 Å². The fourth-order valence-electron chi connectivity index (χ4n) is 7.90. The molecule has 0 aromatic heterocycles. The van der Waals surface area contributed by atoms with E-state index in [2.05, 4.69) is 31.1 Å². The van der Waals surface area contributed by atoms with Gasteiger partial charge in [-0.2, -0.15) is 13.5 Å². The van der Waals surface area contributed by atoms with Gasteiger partial charge in [0.2, 0.25) is 0 Å². The number of carbonyl (C=O) groups excluding carboxylic acids is 2. The van der Waals surface area contributed by atoms with Gasteiger partial charge >= 0.3 is 37.7 Å². The number of fused-ring (bicyclic) bond motifs is 2. The Balaban J connectivity index is 0.000000246. The fourth-order valence-corrected chi connectivity index (χ4v) is 10.2. The predicted molar refractivity (Wildman–Crippen MR) is 294 cm³/mol. The quantitative estimate of drug-likeness (QED) is 0.0399. The second-order valence-electron chi connectivity index (χ2n) is 16.4. The number of phenols is 1. The molecule has 18 nitrogen and oxygen atoms in total. The number of benzene rings is 8. The van der Waals surface area contributed by atoms with E-state index in [0.29, 0.717) is 57.6 Å². The maximum Gasteiger partial charge on any atom is 2.00 e. The van der Waals surface area contributed by atoms with Gasteiger partial charge in [-0.05, 0) is 134 Å². The second-order valence-corrected chi connectivity index (χ2v) is 19.9. The van der Waals surface area contributed by atoms with Crippen LogP contribution in [-0.4, -0.2) is 93.8 Å². The predicted octanol–water partition coefficient (Wildman–Crippen LogP) is 12.8. The molecule has 0 bridgehead atoms. The van der Waals surface area contributed by atoms with Gasteiger partial charge in [-0.25, -0.2) is 8.42 Å². The number of nitrogens with zero attached hydrogens (tertiary/aromatic N) is 4. The summed E-state index contributed by atoms with van der Waals surface area (Å²) in [5, 5.41) is 48.4. The summed E-state index contributed by atoms with van der Waals surface area (Å²) in [7, 11) is -9.59. The van der Waals surface area contributed by atoms with Crippen molar-refractivity contribution in [2.24, 2.45) is 20.5 Å². The maximum atomic E-state index is 13.4. The summed E-state index contributed by atoms with van der Waals surface area (Å²) in [6, 6.07) is 35.2. The first-order valence-electron chi connectivity index (χ1n) is 23.2. The molecule has 0 heterocycles. The molecule has 8 aromatic carbocycles. The summed E-state index contributed by atoms with van der Waals surface area (Å²) in [6.45, 7) is 8.09. The van der Waals surface area contributed by atoms with Gasteiger partial charge in [0, 0.05) is 37.8 Å². The summed E-state index contributed by atoms with van der Waals surface area (Å²) in [4.78, 5) is 25.2. The van der Waals surface area contributed by atoms with E-state index in [1.165, 1.54) is 36.4 Å². The van der Waals surface area contributed by atoms with Gasteiger partial charge in [0.1, 0.15) is 43.6 Å². The van der Waals surface area contributed by atoms with Crippen LogP contribution in [-0.2, 0) is 33.1 Å². The van der Waals surface area contributed by atoms with Crippen LogP contribution in [0.25, 0.3) is 21.5 Å². The summed E-state index contributed by atoms with van der Waals surface area (Å²) >= 11 is 12.3. The van der Waals surface area contributed by atoms with Crippen LogP contribution in [0.15, 0.2) is 164 Å². The average Bonchev–Trinajstić information content (AvgIpc) is 3.39.